The summed E-state index contributed by atoms with van der Waals surface area (Å²) in [4.78, 5) is 38.2. The van der Waals surface area contributed by atoms with Crippen molar-refractivity contribution in [2.24, 2.45) is 10.4 Å². The zero-order valence-electron chi connectivity index (χ0n) is 29.2. The van der Waals surface area contributed by atoms with E-state index in [2.05, 4.69) is 44.4 Å². The first-order valence-electron chi connectivity index (χ1n) is 15.8. The van der Waals surface area contributed by atoms with Crippen LogP contribution in [-0.4, -0.2) is 73.2 Å². The van der Waals surface area contributed by atoms with Gasteiger partial charge in [-0.05, 0) is 30.5 Å². The van der Waals surface area contributed by atoms with E-state index in [1.807, 2.05) is 4.57 Å². The Morgan fingerprint density at radius 3 is 2.51 bits per heavy atom. The van der Waals surface area contributed by atoms with Crippen molar-refractivity contribution in [3.8, 4) is 41.4 Å². The fourth-order valence-electron chi connectivity index (χ4n) is 5.09. The first-order valence-corrected chi connectivity index (χ1v) is 17.9. The number of hydrogen-bond acceptors (Lipinski definition) is 14. The number of benzene rings is 2. The van der Waals surface area contributed by atoms with Crippen molar-refractivity contribution < 1.29 is 45.5 Å². The van der Waals surface area contributed by atoms with Crippen LogP contribution >= 0.6 is 11.5 Å². The van der Waals surface area contributed by atoms with Crippen LogP contribution in [0.5, 0.6) is 29.0 Å². The SMILES string of the molecule is C#CCN1C(=O)COc2cc(F)c(/N=c3\snc4n3CC(C)(C)C4)cc21.CCOc1ccccc1OS(=O)(=O)NC(=O)Nc1nc(OC)cc(OC)n1. The molecule has 0 saturated carbocycles. The summed E-state index contributed by atoms with van der Waals surface area (Å²) in [5.74, 6) is 3.06. The number of aromatic nitrogens is 4. The Morgan fingerprint density at radius 1 is 1.15 bits per heavy atom. The number of halogens is 1. The number of nitrogens with one attached hydrogen (secondary N) is 2. The summed E-state index contributed by atoms with van der Waals surface area (Å²) in [6, 6.07) is 9.13. The van der Waals surface area contributed by atoms with Crippen LogP contribution < -0.4 is 42.9 Å². The Morgan fingerprint density at radius 2 is 1.85 bits per heavy atom. The molecule has 0 aliphatic carbocycles. The highest BCUT2D eigenvalue weighted by Crippen LogP contribution is 2.37. The van der Waals surface area contributed by atoms with Gasteiger partial charge in [-0.2, -0.15) is 22.8 Å². The van der Waals surface area contributed by atoms with Crippen molar-refractivity contribution in [2.75, 3.05) is 44.2 Å². The number of anilines is 2. The molecule has 0 atom stereocenters. The molecule has 0 radical (unpaired) electrons. The second-order valence-electron chi connectivity index (χ2n) is 11.9. The van der Waals surface area contributed by atoms with Gasteiger partial charge in [0.15, 0.2) is 23.9 Å². The third-order valence-corrected chi connectivity index (χ3v) is 8.94. The van der Waals surface area contributed by atoms with Gasteiger partial charge in [0.1, 0.15) is 17.3 Å². The number of fused-ring (bicyclic) bond motifs is 2. The number of hydrogen-bond donors (Lipinski definition) is 2. The van der Waals surface area contributed by atoms with E-state index in [4.69, 9.17) is 29.6 Å². The first-order chi connectivity index (χ1) is 25.2. The summed E-state index contributed by atoms with van der Waals surface area (Å²) >= 11 is 1.24. The van der Waals surface area contributed by atoms with Crippen molar-refractivity contribution in [3.05, 3.63) is 58.9 Å². The third kappa shape index (κ3) is 9.49. The van der Waals surface area contributed by atoms with Gasteiger partial charge in [-0.15, -0.1) is 6.42 Å². The fraction of sp³-hybridized carbons (Fsp3) is 0.333. The fourth-order valence-corrected chi connectivity index (χ4v) is 6.54. The Hall–Kier alpha value is -5.94. The standard InChI is InChI=1S/C18H17FN4O2S.C15H18N4O7S/c1-4-5-22-13-7-12(11(19)6-14(13)25-9-16(22)24)20-17-23-10-18(2,3)8-15(23)21-26-17;1-4-25-10-7-5-6-8-11(10)26-27(21,22)19-15(20)18-14-16-12(23-2)9-13(17-14)24-3/h1,6-7H,5,8-10H2,2-3H3;5-9H,4H2,1-3H3,(H2,16,17,18,19,20)/b20-17-;. The van der Waals surface area contributed by atoms with Crippen LogP contribution in [0.3, 0.4) is 0 Å². The van der Waals surface area contributed by atoms with Crippen LogP contribution in [0.4, 0.5) is 26.5 Å². The van der Waals surface area contributed by atoms with E-state index in [9.17, 15) is 22.4 Å². The average Bonchev–Trinajstić information content (AvgIpc) is 3.61. The first kappa shape index (κ1) is 38.3. The Labute approximate surface area is 308 Å². The summed E-state index contributed by atoms with van der Waals surface area (Å²) in [6.07, 6.45) is 6.22. The minimum atomic E-state index is -4.49. The van der Waals surface area contributed by atoms with Crippen LogP contribution in [0.15, 0.2) is 47.5 Å². The van der Waals surface area contributed by atoms with Crippen LogP contribution in [0.2, 0.25) is 0 Å². The minimum absolute atomic E-state index is 0.0704. The second kappa shape index (κ2) is 16.2. The van der Waals surface area contributed by atoms with E-state index in [0.29, 0.717) is 22.8 Å². The second-order valence-corrected chi connectivity index (χ2v) is 13.9. The van der Waals surface area contributed by atoms with E-state index in [1.165, 1.54) is 61.0 Å². The number of amides is 3. The third-order valence-electron chi connectivity index (χ3n) is 7.32. The molecule has 0 unspecified atom stereocenters. The highest BCUT2D eigenvalue weighted by molar-refractivity contribution is 7.85. The van der Waals surface area contributed by atoms with Crippen LogP contribution in [0, 0.1) is 23.6 Å². The zero-order chi connectivity index (χ0) is 38.3. The Kier molecular flexibility index (Phi) is 11.7. The zero-order valence-corrected chi connectivity index (χ0v) is 30.8. The molecule has 4 heterocycles. The maximum absolute atomic E-state index is 14.5. The molecule has 20 heteroatoms. The molecule has 0 fully saturated rings. The largest absolute Gasteiger partial charge is 0.490 e. The van der Waals surface area contributed by atoms with Gasteiger partial charge in [0.05, 0.1) is 39.1 Å². The Balaban J connectivity index is 0.000000204. The maximum atomic E-state index is 14.5. The summed E-state index contributed by atoms with van der Waals surface area (Å²) in [5, 5.41) is 2.15. The predicted molar refractivity (Wildman–Crippen MR) is 190 cm³/mol. The van der Waals surface area contributed by atoms with E-state index in [1.54, 1.807) is 23.8 Å². The highest BCUT2D eigenvalue weighted by atomic mass is 32.2. The number of para-hydroxylation sites is 2. The number of ether oxygens (including phenoxy) is 4. The number of carbonyl (C=O) groups excluding carboxylic acids is 2. The van der Waals surface area contributed by atoms with Gasteiger partial charge in [0.25, 0.3) is 5.91 Å². The van der Waals surface area contributed by atoms with Gasteiger partial charge >= 0.3 is 16.3 Å². The lowest BCUT2D eigenvalue weighted by Gasteiger charge is -2.28. The molecule has 6 rings (SSSR count). The van der Waals surface area contributed by atoms with Crippen molar-refractivity contribution in [3.63, 3.8) is 0 Å². The lowest BCUT2D eigenvalue weighted by molar-refractivity contribution is -0.121. The molecular weight excluding hydrogens is 736 g/mol. The van der Waals surface area contributed by atoms with Crippen molar-refractivity contribution in [2.45, 2.75) is 33.7 Å². The monoisotopic (exact) mass is 770 g/mol. The van der Waals surface area contributed by atoms with E-state index in [-0.39, 0.29) is 59.4 Å². The van der Waals surface area contributed by atoms with Crippen molar-refractivity contribution in [1.82, 2.24) is 23.6 Å². The Bertz CT molecular complexity index is 2210. The van der Waals surface area contributed by atoms with Crippen LogP contribution in [-0.2, 0) is 28.1 Å². The number of urea groups is 1. The van der Waals surface area contributed by atoms with Gasteiger partial charge in [0, 0.05) is 30.6 Å². The lowest BCUT2D eigenvalue weighted by atomic mass is 9.92. The molecule has 3 amide bonds. The minimum Gasteiger partial charge on any atom is -0.490 e. The molecule has 0 saturated heterocycles. The molecule has 53 heavy (non-hydrogen) atoms. The highest BCUT2D eigenvalue weighted by Gasteiger charge is 2.31. The van der Waals surface area contributed by atoms with E-state index in [0.717, 1.165) is 18.8 Å². The molecule has 4 aromatic rings. The smallest absolute Gasteiger partial charge is 0.411 e. The number of nitrogens with zero attached hydrogens (tertiary/aromatic N) is 6. The quantitative estimate of drug-likeness (QED) is 0.223. The van der Waals surface area contributed by atoms with Crippen molar-refractivity contribution >= 4 is 51.1 Å². The lowest BCUT2D eigenvalue weighted by Crippen LogP contribution is -2.39. The number of terminal acetylenes is 1. The molecule has 2 aromatic heterocycles. The molecular formula is C33H35FN8O9S2. The van der Waals surface area contributed by atoms with E-state index >= 15 is 0 Å². The van der Waals surface area contributed by atoms with Crippen LogP contribution in [0.25, 0.3) is 0 Å². The molecule has 17 nitrogen and oxygen atoms in total. The summed E-state index contributed by atoms with van der Waals surface area (Å²) in [6.45, 7) is 7.10. The van der Waals surface area contributed by atoms with Gasteiger partial charge in [0.2, 0.25) is 22.5 Å². The molecule has 280 valence electrons. The summed E-state index contributed by atoms with van der Waals surface area (Å²) < 4.78 is 72.1. The number of rotatable bonds is 10. The summed E-state index contributed by atoms with van der Waals surface area (Å²) in [5.41, 5.74) is 0.678. The average molecular weight is 771 g/mol. The molecule has 0 bridgehead atoms. The summed E-state index contributed by atoms with van der Waals surface area (Å²) in [7, 11) is -1.76. The predicted octanol–water partition coefficient (Wildman–Crippen LogP) is 3.59. The van der Waals surface area contributed by atoms with Crippen molar-refractivity contribution in [1.29, 1.82) is 0 Å². The van der Waals surface area contributed by atoms with Gasteiger partial charge in [-0.1, -0.05) is 31.9 Å². The molecule has 2 N–H and O–H groups in total. The van der Waals surface area contributed by atoms with Gasteiger partial charge < -0.3 is 27.7 Å². The van der Waals surface area contributed by atoms with E-state index < -0.39 is 22.2 Å². The molecule has 0 spiro atoms. The molecule has 2 aromatic carbocycles. The van der Waals surface area contributed by atoms with Gasteiger partial charge in [-0.25, -0.2) is 18.9 Å². The van der Waals surface area contributed by atoms with Crippen LogP contribution in [0.1, 0.15) is 26.6 Å². The van der Waals surface area contributed by atoms with Gasteiger partial charge in [-0.3, -0.25) is 15.0 Å². The molecule has 2 aliphatic heterocycles. The normalized spacial score (nSPS) is 14.4. The molecule has 2 aliphatic rings. The number of methoxy groups -OCH3 is 2. The number of carbonyl (C=O) groups is 2. The maximum Gasteiger partial charge on any atom is 0.411 e. The topological polar surface area (TPSA) is 198 Å².